The third-order valence-corrected chi connectivity index (χ3v) is 2.21. The number of aromatic nitrogens is 2. The van der Waals surface area contributed by atoms with Crippen LogP contribution in [0.15, 0.2) is 28.8 Å². The second-order valence-corrected chi connectivity index (χ2v) is 3.38. The van der Waals surface area contributed by atoms with Crippen molar-refractivity contribution in [1.29, 1.82) is 0 Å². The second kappa shape index (κ2) is 6.34. The SMILES string of the molecule is CCc1nc(-c2cccc(CON)c2)no1.Cl. The van der Waals surface area contributed by atoms with Gasteiger partial charge in [-0.3, -0.25) is 4.84 Å². The smallest absolute Gasteiger partial charge is 0.226 e. The Bertz CT molecular complexity index is 473. The van der Waals surface area contributed by atoms with Gasteiger partial charge in [0.05, 0.1) is 6.61 Å². The number of nitrogens with two attached hydrogens (primary N) is 1. The first-order valence-electron chi connectivity index (χ1n) is 5.07. The first kappa shape index (κ1) is 13.6. The average molecular weight is 256 g/mol. The summed E-state index contributed by atoms with van der Waals surface area (Å²) in [7, 11) is 0. The van der Waals surface area contributed by atoms with E-state index in [0.717, 1.165) is 17.5 Å². The Hall–Kier alpha value is -1.43. The quantitative estimate of drug-likeness (QED) is 0.847. The van der Waals surface area contributed by atoms with E-state index in [0.29, 0.717) is 18.3 Å². The summed E-state index contributed by atoms with van der Waals surface area (Å²) in [5.74, 6) is 6.25. The van der Waals surface area contributed by atoms with E-state index in [1.165, 1.54) is 0 Å². The minimum Gasteiger partial charge on any atom is -0.339 e. The van der Waals surface area contributed by atoms with Gasteiger partial charge in [0.15, 0.2) is 0 Å². The molecule has 0 aliphatic carbocycles. The van der Waals surface area contributed by atoms with Gasteiger partial charge in [-0.05, 0) is 11.6 Å². The van der Waals surface area contributed by atoms with Crippen molar-refractivity contribution in [3.8, 4) is 11.4 Å². The maximum Gasteiger partial charge on any atom is 0.226 e. The summed E-state index contributed by atoms with van der Waals surface area (Å²) in [6.07, 6.45) is 0.735. The zero-order chi connectivity index (χ0) is 11.4. The van der Waals surface area contributed by atoms with Gasteiger partial charge in [0.25, 0.3) is 0 Å². The number of hydrogen-bond donors (Lipinski definition) is 1. The number of benzene rings is 1. The molecule has 1 aromatic heterocycles. The van der Waals surface area contributed by atoms with Crippen molar-refractivity contribution in [3.05, 3.63) is 35.7 Å². The molecule has 0 bridgehead atoms. The van der Waals surface area contributed by atoms with Crippen LogP contribution in [0.1, 0.15) is 18.4 Å². The van der Waals surface area contributed by atoms with Gasteiger partial charge in [0.2, 0.25) is 11.7 Å². The summed E-state index contributed by atoms with van der Waals surface area (Å²) >= 11 is 0. The molecule has 0 radical (unpaired) electrons. The van der Waals surface area contributed by atoms with E-state index in [-0.39, 0.29) is 12.4 Å². The van der Waals surface area contributed by atoms with Crippen LogP contribution in [0, 0.1) is 0 Å². The molecule has 5 nitrogen and oxygen atoms in total. The summed E-state index contributed by atoms with van der Waals surface area (Å²) in [6, 6.07) is 7.68. The topological polar surface area (TPSA) is 74.2 Å². The molecule has 0 saturated heterocycles. The fourth-order valence-corrected chi connectivity index (χ4v) is 1.41. The zero-order valence-corrected chi connectivity index (χ0v) is 10.2. The summed E-state index contributed by atoms with van der Waals surface area (Å²) in [4.78, 5) is 8.83. The predicted octanol–water partition coefficient (Wildman–Crippen LogP) is 2.11. The van der Waals surface area contributed by atoms with Gasteiger partial charge in [-0.25, -0.2) is 5.90 Å². The van der Waals surface area contributed by atoms with Gasteiger partial charge in [-0.2, -0.15) is 4.98 Å². The molecule has 0 aliphatic rings. The molecule has 92 valence electrons. The lowest BCUT2D eigenvalue weighted by atomic mass is 10.1. The minimum absolute atomic E-state index is 0. The van der Waals surface area contributed by atoms with Gasteiger partial charge >= 0.3 is 0 Å². The van der Waals surface area contributed by atoms with E-state index in [9.17, 15) is 0 Å². The van der Waals surface area contributed by atoms with Crippen LogP contribution in [0.2, 0.25) is 0 Å². The number of rotatable bonds is 4. The third-order valence-electron chi connectivity index (χ3n) is 2.21. The van der Waals surface area contributed by atoms with Crippen LogP contribution in [0.4, 0.5) is 0 Å². The molecule has 0 saturated carbocycles. The number of halogens is 1. The highest BCUT2D eigenvalue weighted by molar-refractivity contribution is 5.85. The maximum absolute atomic E-state index is 5.05. The van der Waals surface area contributed by atoms with Crippen molar-refractivity contribution < 1.29 is 9.36 Å². The van der Waals surface area contributed by atoms with Crippen LogP contribution in [0.3, 0.4) is 0 Å². The van der Waals surface area contributed by atoms with Crippen molar-refractivity contribution in [2.75, 3.05) is 0 Å². The van der Waals surface area contributed by atoms with E-state index >= 15 is 0 Å². The van der Waals surface area contributed by atoms with Crippen molar-refractivity contribution >= 4 is 12.4 Å². The lowest BCUT2D eigenvalue weighted by Crippen LogP contribution is -1.98. The Balaban J connectivity index is 0.00000144. The highest BCUT2D eigenvalue weighted by atomic mass is 35.5. The van der Waals surface area contributed by atoms with Crippen LogP contribution in [0.25, 0.3) is 11.4 Å². The second-order valence-electron chi connectivity index (χ2n) is 3.38. The monoisotopic (exact) mass is 255 g/mol. The van der Waals surface area contributed by atoms with E-state index < -0.39 is 0 Å². The Morgan fingerprint density at radius 1 is 1.41 bits per heavy atom. The first-order chi connectivity index (χ1) is 7.83. The van der Waals surface area contributed by atoms with Crippen molar-refractivity contribution in [3.63, 3.8) is 0 Å². The molecule has 2 N–H and O–H groups in total. The number of hydrogen-bond acceptors (Lipinski definition) is 5. The molecular weight excluding hydrogens is 242 g/mol. The standard InChI is InChI=1S/C11H13N3O2.ClH/c1-2-10-13-11(14-16-10)9-5-3-4-8(6-9)7-15-12;/h3-6H,2,7,12H2,1H3;1H. The molecule has 0 amide bonds. The zero-order valence-electron chi connectivity index (χ0n) is 9.42. The van der Waals surface area contributed by atoms with Gasteiger partial charge in [0.1, 0.15) is 0 Å². The minimum atomic E-state index is 0. The lowest BCUT2D eigenvalue weighted by molar-refractivity contribution is 0.124. The predicted molar refractivity (Wildman–Crippen MR) is 65.3 cm³/mol. The van der Waals surface area contributed by atoms with E-state index in [4.69, 9.17) is 10.4 Å². The molecule has 6 heteroatoms. The van der Waals surface area contributed by atoms with E-state index in [1.54, 1.807) is 0 Å². The fraction of sp³-hybridized carbons (Fsp3) is 0.273. The van der Waals surface area contributed by atoms with Gasteiger partial charge in [-0.15, -0.1) is 12.4 Å². The van der Waals surface area contributed by atoms with Crippen molar-refractivity contribution in [2.24, 2.45) is 5.90 Å². The molecule has 0 aliphatic heterocycles. The Morgan fingerprint density at radius 3 is 2.88 bits per heavy atom. The lowest BCUT2D eigenvalue weighted by Gasteiger charge is -2.00. The number of aryl methyl sites for hydroxylation is 1. The highest BCUT2D eigenvalue weighted by Crippen LogP contribution is 2.17. The maximum atomic E-state index is 5.05. The molecule has 0 atom stereocenters. The van der Waals surface area contributed by atoms with Crippen LogP contribution in [-0.2, 0) is 17.9 Å². The molecule has 1 heterocycles. The van der Waals surface area contributed by atoms with Gasteiger partial charge in [-0.1, -0.05) is 30.3 Å². The summed E-state index contributed by atoms with van der Waals surface area (Å²) in [6.45, 7) is 2.34. The van der Waals surface area contributed by atoms with E-state index in [1.807, 2.05) is 31.2 Å². The normalized spacial score (nSPS) is 10.0. The molecule has 17 heavy (non-hydrogen) atoms. The molecule has 0 spiro atoms. The van der Waals surface area contributed by atoms with Crippen LogP contribution >= 0.6 is 12.4 Å². The van der Waals surface area contributed by atoms with Gasteiger partial charge < -0.3 is 4.52 Å². The highest BCUT2D eigenvalue weighted by Gasteiger charge is 2.07. The summed E-state index contributed by atoms with van der Waals surface area (Å²) < 4.78 is 5.05. The molecule has 2 rings (SSSR count). The first-order valence-corrected chi connectivity index (χ1v) is 5.07. The van der Waals surface area contributed by atoms with Gasteiger partial charge in [0, 0.05) is 12.0 Å². The summed E-state index contributed by atoms with van der Waals surface area (Å²) in [5, 5.41) is 3.90. The molecule has 0 fully saturated rings. The molecular formula is C11H14ClN3O2. The third kappa shape index (κ3) is 3.26. The van der Waals surface area contributed by atoms with Crippen LogP contribution in [0.5, 0.6) is 0 Å². The van der Waals surface area contributed by atoms with Crippen molar-refractivity contribution in [1.82, 2.24) is 10.1 Å². The Labute approximate surface area is 105 Å². The molecule has 2 aromatic rings. The Kier molecular flexibility index (Phi) is 5.09. The largest absolute Gasteiger partial charge is 0.339 e. The Morgan fingerprint density at radius 2 is 2.24 bits per heavy atom. The van der Waals surface area contributed by atoms with Crippen LogP contribution in [-0.4, -0.2) is 10.1 Å². The average Bonchev–Trinajstić information content (AvgIpc) is 2.78. The number of nitrogens with zero attached hydrogens (tertiary/aromatic N) is 2. The fourth-order valence-electron chi connectivity index (χ4n) is 1.41. The van der Waals surface area contributed by atoms with Crippen LogP contribution < -0.4 is 5.90 Å². The molecule has 0 unspecified atom stereocenters. The molecule has 1 aromatic carbocycles. The van der Waals surface area contributed by atoms with E-state index in [2.05, 4.69) is 15.0 Å². The summed E-state index contributed by atoms with van der Waals surface area (Å²) in [5.41, 5.74) is 1.88. The van der Waals surface area contributed by atoms with Crippen molar-refractivity contribution in [2.45, 2.75) is 20.0 Å².